The number of carbonyl (C=O) groups is 2. The number of rotatable bonds is 12. The summed E-state index contributed by atoms with van der Waals surface area (Å²) < 4.78 is 10.9. The predicted molar refractivity (Wildman–Crippen MR) is 135 cm³/mol. The molecule has 0 unspecified atom stereocenters. The number of hydrogen-bond donors (Lipinski definition) is 2. The summed E-state index contributed by atoms with van der Waals surface area (Å²) >= 11 is 6.17. The van der Waals surface area contributed by atoms with E-state index in [1.807, 2.05) is 42.5 Å². The Morgan fingerprint density at radius 1 is 0.971 bits per heavy atom. The van der Waals surface area contributed by atoms with E-state index in [4.69, 9.17) is 21.1 Å². The van der Waals surface area contributed by atoms with Crippen LogP contribution in [0.2, 0.25) is 5.02 Å². The fraction of sp³-hybridized carbons (Fsp3) is 0.259. The number of halogens is 1. The molecule has 0 bridgehead atoms. The Bertz CT molecular complexity index is 1090. The molecule has 2 N–H and O–H groups in total. The molecule has 0 radical (unpaired) electrons. The number of amides is 2. The largest absolute Gasteiger partial charge is 0.497 e. The molecule has 0 aliphatic heterocycles. The SMILES string of the molecule is COc1ccc(CN(C(=O)COc2ccccc2Cl)[C@@H](Cc2ccccc2)C(=O)NCCO)cc1. The summed E-state index contributed by atoms with van der Waals surface area (Å²) in [7, 11) is 1.58. The molecule has 8 heteroatoms. The van der Waals surface area contributed by atoms with Crippen molar-refractivity contribution in [3.05, 3.63) is 95.0 Å². The second-order valence-corrected chi connectivity index (χ2v) is 8.22. The highest BCUT2D eigenvalue weighted by atomic mass is 35.5. The average Bonchev–Trinajstić information content (AvgIpc) is 2.89. The molecule has 0 fully saturated rings. The third-order valence-electron chi connectivity index (χ3n) is 5.38. The van der Waals surface area contributed by atoms with E-state index in [1.54, 1.807) is 43.5 Å². The monoisotopic (exact) mass is 496 g/mol. The number of aliphatic hydroxyl groups excluding tert-OH is 1. The number of carbonyl (C=O) groups excluding carboxylic acids is 2. The van der Waals surface area contributed by atoms with E-state index in [0.717, 1.165) is 11.1 Å². The maximum absolute atomic E-state index is 13.5. The topological polar surface area (TPSA) is 88.1 Å². The van der Waals surface area contributed by atoms with Crippen LogP contribution in [0.15, 0.2) is 78.9 Å². The second-order valence-electron chi connectivity index (χ2n) is 7.81. The Balaban J connectivity index is 1.89. The molecule has 0 heterocycles. The summed E-state index contributed by atoms with van der Waals surface area (Å²) in [4.78, 5) is 28.1. The van der Waals surface area contributed by atoms with E-state index in [-0.39, 0.29) is 38.1 Å². The van der Waals surface area contributed by atoms with Gasteiger partial charge in [0.1, 0.15) is 17.5 Å². The van der Waals surface area contributed by atoms with Gasteiger partial charge in [-0.05, 0) is 35.4 Å². The number of nitrogens with zero attached hydrogens (tertiary/aromatic N) is 1. The summed E-state index contributed by atoms with van der Waals surface area (Å²) in [6.45, 7) is -0.228. The average molecular weight is 497 g/mol. The van der Waals surface area contributed by atoms with Gasteiger partial charge < -0.3 is 24.8 Å². The summed E-state index contributed by atoms with van der Waals surface area (Å²) in [5.74, 6) is 0.342. The van der Waals surface area contributed by atoms with Crippen molar-refractivity contribution in [2.24, 2.45) is 0 Å². The maximum atomic E-state index is 13.5. The van der Waals surface area contributed by atoms with Crippen LogP contribution in [-0.2, 0) is 22.6 Å². The van der Waals surface area contributed by atoms with Gasteiger partial charge in [0.15, 0.2) is 6.61 Å². The van der Waals surface area contributed by atoms with E-state index in [0.29, 0.717) is 22.9 Å². The van der Waals surface area contributed by atoms with Crippen LogP contribution in [0.5, 0.6) is 11.5 Å². The highest BCUT2D eigenvalue weighted by Crippen LogP contribution is 2.24. The molecule has 0 aromatic heterocycles. The van der Waals surface area contributed by atoms with Gasteiger partial charge in [0.05, 0.1) is 18.7 Å². The van der Waals surface area contributed by atoms with Crippen LogP contribution in [0, 0.1) is 0 Å². The van der Waals surface area contributed by atoms with Gasteiger partial charge in [-0.3, -0.25) is 9.59 Å². The zero-order valence-corrected chi connectivity index (χ0v) is 20.3. The Morgan fingerprint density at radius 3 is 2.31 bits per heavy atom. The highest BCUT2D eigenvalue weighted by Gasteiger charge is 2.30. The van der Waals surface area contributed by atoms with Crippen molar-refractivity contribution >= 4 is 23.4 Å². The minimum Gasteiger partial charge on any atom is -0.497 e. The van der Waals surface area contributed by atoms with Crippen molar-refractivity contribution in [1.82, 2.24) is 10.2 Å². The van der Waals surface area contributed by atoms with Gasteiger partial charge in [0.2, 0.25) is 5.91 Å². The van der Waals surface area contributed by atoms with Crippen molar-refractivity contribution in [2.75, 3.05) is 26.9 Å². The van der Waals surface area contributed by atoms with Crippen LogP contribution >= 0.6 is 11.6 Å². The number of para-hydroxylation sites is 1. The first kappa shape index (κ1) is 26.1. The fourth-order valence-corrected chi connectivity index (χ4v) is 3.75. The number of aliphatic hydroxyl groups is 1. The third-order valence-corrected chi connectivity index (χ3v) is 5.69. The van der Waals surface area contributed by atoms with Gasteiger partial charge in [-0.2, -0.15) is 0 Å². The molecule has 35 heavy (non-hydrogen) atoms. The number of benzene rings is 3. The van der Waals surface area contributed by atoms with Gasteiger partial charge in [0.25, 0.3) is 5.91 Å². The summed E-state index contributed by atoms with van der Waals surface area (Å²) in [5.41, 5.74) is 1.72. The van der Waals surface area contributed by atoms with Crippen LogP contribution < -0.4 is 14.8 Å². The van der Waals surface area contributed by atoms with E-state index in [1.165, 1.54) is 4.90 Å². The number of hydrogen-bond acceptors (Lipinski definition) is 5. The Morgan fingerprint density at radius 2 is 1.66 bits per heavy atom. The molecular weight excluding hydrogens is 468 g/mol. The Kier molecular flexibility index (Phi) is 9.95. The molecule has 2 amide bonds. The number of ether oxygens (including phenoxy) is 2. The lowest BCUT2D eigenvalue weighted by Crippen LogP contribution is -2.52. The van der Waals surface area contributed by atoms with Crippen LogP contribution in [0.1, 0.15) is 11.1 Å². The molecule has 0 saturated carbocycles. The lowest BCUT2D eigenvalue weighted by Gasteiger charge is -2.31. The quantitative estimate of drug-likeness (QED) is 0.401. The lowest BCUT2D eigenvalue weighted by molar-refractivity contribution is -0.142. The first-order chi connectivity index (χ1) is 17.0. The molecule has 7 nitrogen and oxygen atoms in total. The number of methoxy groups -OCH3 is 1. The molecule has 0 spiro atoms. The van der Waals surface area contributed by atoms with Crippen molar-refractivity contribution < 1.29 is 24.2 Å². The van der Waals surface area contributed by atoms with Crippen LogP contribution in [0.4, 0.5) is 0 Å². The van der Waals surface area contributed by atoms with Gasteiger partial charge in [-0.15, -0.1) is 0 Å². The number of nitrogens with one attached hydrogen (secondary N) is 1. The highest BCUT2D eigenvalue weighted by molar-refractivity contribution is 6.32. The zero-order chi connectivity index (χ0) is 25.0. The normalized spacial score (nSPS) is 11.4. The molecule has 3 aromatic rings. The standard InChI is InChI=1S/C27H29ClN2O5/c1-34-22-13-11-21(12-14-22)18-30(26(32)19-35-25-10-6-5-9-23(25)28)24(27(33)29-15-16-31)17-20-7-3-2-4-8-20/h2-14,24,31H,15-19H2,1H3,(H,29,33)/t24-/m0/s1. The summed E-state index contributed by atoms with van der Waals surface area (Å²) in [6, 6.07) is 22.8. The zero-order valence-electron chi connectivity index (χ0n) is 19.5. The minimum absolute atomic E-state index is 0.0881. The van der Waals surface area contributed by atoms with Gasteiger partial charge in [-0.1, -0.05) is 66.2 Å². The smallest absolute Gasteiger partial charge is 0.261 e. The summed E-state index contributed by atoms with van der Waals surface area (Å²) in [5, 5.41) is 12.3. The van der Waals surface area contributed by atoms with Crippen LogP contribution in [0.25, 0.3) is 0 Å². The minimum atomic E-state index is -0.826. The van der Waals surface area contributed by atoms with E-state index < -0.39 is 6.04 Å². The molecule has 1 atom stereocenters. The van der Waals surface area contributed by atoms with Gasteiger partial charge in [0, 0.05) is 19.5 Å². The van der Waals surface area contributed by atoms with E-state index in [9.17, 15) is 14.7 Å². The summed E-state index contributed by atoms with van der Waals surface area (Å²) in [6.07, 6.45) is 0.298. The van der Waals surface area contributed by atoms with Gasteiger partial charge in [-0.25, -0.2) is 0 Å². The van der Waals surface area contributed by atoms with Crippen molar-refractivity contribution in [3.8, 4) is 11.5 Å². The molecule has 0 aliphatic carbocycles. The Hall–Kier alpha value is -3.55. The Labute approximate surface area is 210 Å². The van der Waals surface area contributed by atoms with Gasteiger partial charge >= 0.3 is 0 Å². The maximum Gasteiger partial charge on any atom is 0.261 e. The predicted octanol–water partition coefficient (Wildman–Crippen LogP) is 3.48. The molecule has 184 valence electrons. The second kappa shape index (κ2) is 13.4. The molecule has 3 aromatic carbocycles. The lowest BCUT2D eigenvalue weighted by atomic mass is 10.0. The molecule has 0 saturated heterocycles. The first-order valence-corrected chi connectivity index (χ1v) is 11.6. The van der Waals surface area contributed by atoms with Crippen molar-refractivity contribution in [3.63, 3.8) is 0 Å². The van der Waals surface area contributed by atoms with Crippen molar-refractivity contribution in [2.45, 2.75) is 19.0 Å². The molecular formula is C27H29ClN2O5. The molecule has 0 aliphatic rings. The third kappa shape index (κ3) is 7.73. The van der Waals surface area contributed by atoms with Crippen LogP contribution in [0.3, 0.4) is 0 Å². The van der Waals surface area contributed by atoms with E-state index in [2.05, 4.69) is 5.32 Å². The fourth-order valence-electron chi connectivity index (χ4n) is 3.56. The van der Waals surface area contributed by atoms with Crippen LogP contribution in [-0.4, -0.2) is 54.7 Å². The van der Waals surface area contributed by atoms with Crippen molar-refractivity contribution in [1.29, 1.82) is 0 Å². The van der Waals surface area contributed by atoms with E-state index >= 15 is 0 Å². The first-order valence-electron chi connectivity index (χ1n) is 11.2. The molecule has 3 rings (SSSR count).